The van der Waals surface area contributed by atoms with E-state index in [-0.39, 0.29) is 0 Å². The van der Waals surface area contributed by atoms with Crippen molar-refractivity contribution in [2.75, 3.05) is 6.54 Å². The van der Waals surface area contributed by atoms with Crippen LogP contribution in [0.2, 0.25) is 5.15 Å². The molecule has 2 N–H and O–H groups in total. The van der Waals surface area contributed by atoms with Crippen molar-refractivity contribution >= 4 is 34.4 Å². The van der Waals surface area contributed by atoms with Crippen LogP contribution in [-0.2, 0) is 0 Å². The van der Waals surface area contributed by atoms with Crippen molar-refractivity contribution in [3.63, 3.8) is 0 Å². The second kappa shape index (κ2) is 5.59. The minimum absolute atomic E-state index is 0.456. The Labute approximate surface area is 122 Å². The van der Waals surface area contributed by atoms with Crippen LogP contribution >= 0.6 is 11.6 Å². The number of hydrogen-bond acceptors (Lipinski definition) is 4. The summed E-state index contributed by atoms with van der Waals surface area (Å²) in [6.07, 6.45) is 7.72. The number of hydrogen-bond donors (Lipinski definition) is 1. The van der Waals surface area contributed by atoms with Crippen LogP contribution in [0.5, 0.6) is 0 Å². The number of nitrogens with zero attached hydrogens (tertiary/aromatic N) is 3. The maximum Gasteiger partial charge on any atom is 0.129 e. The fourth-order valence-electron chi connectivity index (χ4n) is 1.95. The Hall–Kier alpha value is -1.94. The normalized spacial score (nSPS) is 16.1. The minimum atomic E-state index is 0.456. The fraction of sp³-hybridized carbons (Fsp3) is 0.267. The highest BCUT2D eigenvalue weighted by Crippen LogP contribution is 2.28. The first-order valence-electron chi connectivity index (χ1n) is 6.60. The van der Waals surface area contributed by atoms with Crippen LogP contribution < -0.4 is 5.73 Å². The lowest BCUT2D eigenvalue weighted by atomic mass is 10.1. The molecule has 1 aliphatic rings. The average molecular weight is 287 g/mol. The van der Waals surface area contributed by atoms with E-state index in [9.17, 15) is 0 Å². The van der Waals surface area contributed by atoms with E-state index in [1.165, 1.54) is 12.8 Å². The van der Waals surface area contributed by atoms with E-state index in [2.05, 4.69) is 15.0 Å². The van der Waals surface area contributed by atoms with Crippen molar-refractivity contribution < 1.29 is 0 Å². The third-order valence-corrected chi connectivity index (χ3v) is 3.52. The van der Waals surface area contributed by atoms with Crippen LogP contribution in [0.1, 0.15) is 18.4 Å². The SMILES string of the molecule is NC=C(C=NCC1CC1)c1cnc2ccc(Cl)nc2c1. The molecular formula is C15H15ClN4. The predicted octanol–water partition coefficient (Wildman–Crippen LogP) is 3.06. The molecule has 0 aromatic carbocycles. The Kier molecular flexibility index (Phi) is 3.65. The average Bonchev–Trinajstić information content (AvgIpc) is 3.27. The van der Waals surface area contributed by atoms with Crippen molar-refractivity contribution in [3.05, 3.63) is 41.3 Å². The first-order valence-corrected chi connectivity index (χ1v) is 6.98. The van der Waals surface area contributed by atoms with Gasteiger partial charge in [-0.15, -0.1) is 0 Å². The number of aliphatic imine (C=N–C) groups is 1. The van der Waals surface area contributed by atoms with Crippen molar-refractivity contribution in [3.8, 4) is 0 Å². The molecule has 5 heteroatoms. The third-order valence-electron chi connectivity index (χ3n) is 3.31. The van der Waals surface area contributed by atoms with Gasteiger partial charge in [0, 0.05) is 36.3 Å². The number of aromatic nitrogens is 2. The summed E-state index contributed by atoms with van der Waals surface area (Å²) < 4.78 is 0. The van der Waals surface area contributed by atoms with Crippen molar-refractivity contribution in [1.82, 2.24) is 9.97 Å². The highest BCUT2D eigenvalue weighted by Gasteiger charge is 2.19. The van der Waals surface area contributed by atoms with Crippen LogP contribution in [0.4, 0.5) is 0 Å². The van der Waals surface area contributed by atoms with E-state index in [0.29, 0.717) is 5.15 Å². The van der Waals surface area contributed by atoms with E-state index >= 15 is 0 Å². The van der Waals surface area contributed by atoms with Gasteiger partial charge in [0.15, 0.2) is 0 Å². The summed E-state index contributed by atoms with van der Waals surface area (Å²) in [5.41, 5.74) is 8.99. The summed E-state index contributed by atoms with van der Waals surface area (Å²) in [5.74, 6) is 0.764. The molecule has 20 heavy (non-hydrogen) atoms. The third kappa shape index (κ3) is 2.96. The molecule has 0 amide bonds. The van der Waals surface area contributed by atoms with Crippen molar-refractivity contribution in [2.45, 2.75) is 12.8 Å². The lowest BCUT2D eigenvalue weighted by Crippen LogP contribution is -1.95. The number of pyridine rings is 2. The Morgan fingerprint density at radius 3 is 3.00 bits per heavy atom. The molecule has 0 spiro atoms. The van der Waals surface area contributed by atoms with E-state index < -0.39 is 0 Å². The van der Waals surface area contributed by atoms with Gasteiger partial charge in [-0.25, -0.2) is 4.98 Å². The molecule has 2 heterocycles. The lowest BCUT2D eigenvalue weighted by Gasteiger charge is -2.03. The molecule has 1 saturated carbocycles. The quantitative estimate of drug-likeness (QED) is 0.694. The van der Waals surface area contributed by atoms with E-state index in [4.69, 9.17) is 17.3 Å². The van der Waals surface area contributed by atoms with Gasteiger partial charge >= 0.3 is 0 Å². The molecule has 0 bridgehead atoms. The molecular weight excluding hydrogens is 272 g/mol. The summed E-state index contributed by atoms with van der Waals surface area (Å²) in [6.45, 7) is 0.877. The van der Waals surface area contributed by atoms with Gasteiger partial charge in [0.25, 0.3) is 0 Å². The van der Waals surface area contributed by atoms with Gasteiger partial charge in [0.1, 0.15) is 5.15 Å². The summed E-state index contributed by atoms with van der Waals surface area (Å²) in [4.78, 5) is 13.1. The summed E-state index contributed by atoms with van der Waals surface area (Å²) >= 11 is 5.91. The van der Waals surface area contributed by atoms with E-state index in [0.717, 1.165) is 34.6 Å². The number of rotatable bonds is 4. The zero-order valence-electron chi connectivity index (χ0n) is 11.0. The number of nitrogens with two attached hydrogens (primary N) is 1. The molecule has 0 saturated heterocycles. The first-order chi connectivity index (χ1) is 9.76. The molecule has 1 fully saturated rings. The molecule has 0 radical (unpaired) electrons. The first kappa shape index (κ1) is 13.1. The zero-order chi connectivity index (χ0) is 13.9. The highest BCUT2D eigenvalue weighted by molar-refractivity contribution is 6.29. The van der Waals surface area contributed by atoms with Crippen molar-refractivity contribution in [1.29, 1.82) is 0 Å². The second-order valence-corrected chi connectivity index (χ2v) is 5.34. The Bertz CT molecular complexity index is 689. The van der Waals surface area contributed by atoms with Crippen LogP contribution in [0.15, 0.2) is 35.6 Å². The minimum Gasteiger partial charge on any atom is -0.404 e. The fourth-order valence-corrected chi connectivity index (χ4v) is 2.11. The number of allylic oxidation sites excluding steroid dienone is 1. The Morgan fingerprint density at radius 2 is 2.25 bits per heavy atom. The molecule has 1 aliphatic carbocycles. The smallest absolute Gasteiger partial charge is 0.129 e. The van der Waals surface area contributed by atoms with Crippen LogP contribution in [0, 0.1) is 5.92 Å². The van der Waals surface area contributed by atoms with Gasteiger partial charge in [-0.05, 0) is 37.0 Å². The molecule has 4 nitrogen and oxygen atoms in total. The summed E-state index contributed by atoms with van der Waals surface area (Å²) in [7, 11) is 0. The molecule has 102 valence electrons. The van der Waals surface area contributed by atoms with Gasteiger partial charge in [-0.3, -0.25) is 9.98 Å². The molecule has 3 rings (SSSR count). The Balaban J connectivity index is 1.88. The van der Waals surface area contributed by atoms with Gasteiger partial charge in [-0.2, -0.15) is 0 Å². The molecule has 2 aromatic heterocycles. The van der Waals surface area contributed by atoms with E-state index in [1.807, 2.05) is 18.3 Å². The van der Waals surface area contributed by atoms with Gasteiger partial charge in [0.05, 0.1) is 11.0 Å². The van der Waals surface area contributed by atoms with Crippen molar-refractivity contribution in [2.24, 2.45) is 16.6 Å². The largest absolute Gasteiger partial charge is 0.404 e. The standard InChI is InChI=1S/C15H15ClN4/c16-15-4-3-13-14(20-15)5-11(9-19-13)12(6-17)8-18-7-10-1-2-10/h3-6,8-10H,1-2,7,17H2. The zero-order valence-corrected chi connectivity index (χ0v) is 11.7. The maximum absolute atomic E-state index is 5.91. The molecule has 0 atom stereocenters. The Morgan fingerprint density at radius 1 is 1.40 bits per heavy atom. The van der Waals surface area contributed by atoms with E-state index in [1.54, 1.807) is 18.5 Å². The van der Waals surface area contributed by atoms with Gasteiger partial charge in [-0.1, -0.05) is 11.6 Å². The summed E-state index contributed by atoms with van der Waals surface area (Å²) in [6, 6.07) is 5.50. The topological polar surface area (TPSA) is 64.2 Å². The summed E-state index contributed by atoms with van der Waals surface area (Å²) in [5, 5.41) is 0.456. The number of halogens is 1. The van der Waals surface area contributed by atoms with Crippen LogP contribution in [0.25, 0.3) is 16.6 Å². The van der Waals surface area contributed by atoms with Gasteiger partial charge in [0.2, 0.25) is 0 Å². The second-order valence-electron chi connectivity index (χ2n) is 4.96. The molecule has 0 unspecified atom stereocenters. The maximum atomic E-state index is 5.91. The number of fused-ring (bicyclic) bond motifs is 1. The van der Waals surface area contributed by atoms with Crippen LogP contribution in [-0.4, -0.2) is 22.7 Å². The van der Waals surface area contributed by atoms with Gasteiger partial charge < -0.3 is 5.73 Å². The monoisotopic (exact) mass is 286 g/mol. The lowest BCUT2D eigenvalue weighted by molar-refractivity contribution is 0.852. The predicted molar refractivity (Wildman–Crippen MR) is 82.8 cm³/mol. The molecule has 0 aliphatic heterocycles. The highest BCUT2D eigenvalue weighted by atomic mass is 35.5. The van der Waals surface area contributed by atoms with Crippen LogP contribution in [0.3, 0.4) is 0 Å². The molecule has 2 aromatic rings.